The van der Waals surface area contributed by atoms with Crippen LogP contribution >= 0.6 is 0 Å². The van der Waals surface area contributed by atoms with E-state index in [-0.39, 0.29) is 0 Å². The number of fused-ring (bicyclic) bond motifs is 2. The predicted octanol–water partition coefficient (Wildman–Crippen LogP) is 9.85. The van der Waals surface area contributed by atoms with Gasteiger partial charge >= 0.3 is 0 Å². The van der Waals surface area contributed by atoms with Gasteiger partial charge in [-0.15, -0.1) is 0 Å². The highest BCUT2D eigenvalue weighted by Crippen LogP contribution is 2.24. The van der Waals surface area contributed by atoms with Crippen molar-refractivity contribution < 1.29 is 0 Å². The molecular weight excluding hydrogens is 528 g/mol. The first-order chi connectivity index (χ1) is 20.7. The number of benzene rings is 2. The second-order valence-corrected chi connectivity index (χ2v) is 11.6. The molecule has 0 saturated carbocycles. The summed E-state index contributed by atoms with van der Waals surface area (Å²) in [7, 11) is 0. The van der Waals surface area contributed by atoms with Crippen molar-refractivity contribution in [2.75, 3.05) is 0 Å². The number of nitrogens with one attached hydrogen (secondary N) is 1. The Labute approximate surface area is 257 Å². The first-order valence-corrected chi connectivity index (χ1v) is 15.1. The molecule has 4 aromatic heterocycles. The van der Waals surface area contributed by atoms with Gasteiger partial charge in [-0.2, -0.15) is 0 Å². The SMILES string of the molecule is CC(C)c1cccc2[nH]ccc12.CC(C)c1cccc2cccnc12.CC(C)c1cnccn1.CC(C)c1cncnc1. The molecule has 0 aliphatic heterocycles. The standard InChI is InChI=1S/C12H13N.C11H13N.2C7H10N2/c1-9(2)11-7-3-5-10-6-4-8-13-12(10)11;1-8(2)9-4-3-5-11-10(9)6-7-12-11;1-6(2)7-3-8-5-9-4-7;1-6(2)7-5-8-3-4-9-7/h3-9H,1-2H3;3-8,12H,1-2H3;2*3-6H,1-2H3. The van der Waals surface area contributed by atoms with Gasteiger partial charge in [0, 0.05) is 59.7 Å². The summed E-state index contributed by atoms with van der Waals surface area (Å²) in [5, 5.41) is 2.58. The van der Waals surface area contributed by atoms with Crippen LogP contribution in [0.1, 0.15) is 101 Å². The monoisotopic (exact) mass is 574 g/mol. The van der Waals surface area contributed by atoms with Crippen LogP contribution in [0.2, 0.25) is 0 Å². The van der Waals surface area contributed by atoms with Gasteiger partial charge in [-0.25, -0.2) is 9.97 Å². The maximum atomic E-state index is 4.40. The first kappa shape index (κ1) is 33.1. The number of aromatic amines is 1. The zero-order valence-electron chi connectivity index (χ0n) is 26.9. The fourth-order valence-corrected chi connectivity index (χ4v) is 4.42. The zero-order valence-corrected chi connectivity index (χ0v) is 26.9. The Balaban J connectivity index is 0.000000159. The number of nitrogens with zero attached hydrogens (tertiary/aromatic N) is 5. The molecule has 1 N–H and O–H groups in total. The summed E-state index contributed by atoms with van der Waals surface area (Å²) in [6.45, 7) is 17.3. The molecule has 0 aliphatic carbocycles. The summed E-state index contributed by atoms with van der Waals surface area (Å²) in [5.41, 5.74) is 7.38. The van der Waals surface area contributed by atoms with Crippen LogP contribution in [0.5, 0.6) is 0 Å². The van der Waals surface area contributed by atoms with E-state index in [1.54, 1.807) is 24.9 Å². The van der Waals surface area contributed by atoms with E-state index in [9.17, 15) is 0 Å². The second kappa shape index (κ2) is 16.9. The molecule has 0 amide bonds. The van der Waals surface area contributed by atoms with Gasteiger partial charge in [-0.05, 0) is 58.6 Å². The number of rotatable bonds is 4. The first-order valence-electron chi connectivity index (χ1n) is 15.1. The van der Waals surface area contributed by atoms with Crippen molar-refractivity contribution in [3.05, 3.63) is 127 Å². The Kier molecular flexibility index (Phi) is 13.0. The van der Waals surface area contributed by atoms with Gasteiger partial charge in [0.15, 0.2) is 0 Å². The molecule has 6 nitrogen and oxygen atoms in total. The average Bonchev–Trinajstić information content (AvgIpc) is 3.52. The van der Waals surface area contributed by atoms with Gasteiger partial charge in [0.05, 0.1) is 11.2 Å². The minimum absolute atomic E-state index is 0.485. The minimum atomic E-state index is 0.485. The van der Waals surface area contributed by atoms with Crippen LogP contribution in [0.25, 0.3) is 21.8 Å². The molecule has 4 heterocycles. The molecule has 0 spiro atoms. The van der Waals surface area contributed by atoms with Crippen molar-refractivity contribution >= 4 is 21.8 Å². The third-order valence-electron chi connectivity index (χ3n) is 6.96. The van der Waals surface area contributed by atoms with E-state index in [1.165, 1.54) is 33.0 Å². The van der Waals surface area contributed by atoms with E-state index in [4.69, 9.17) is 0 Å². The van der Waals surface area contributed by atoms with Crippen molar-refractivity contribution in [2.45, 2.75) is 79.1 Å². The quantitative estimate of drug-likeness (QED) is 0.227. The third-order valence-corrected chi connectivity index (χ3v) is 6.96. The third kappa shape index (κ3) is 10.1. The van der Waals surface area contributed by atoms with Gasteiger partial charge in [-0.3, -0.25) is 15.0 Å². The van der Waals surface area contributed by atoms with Gasteiger partial charge in [0.25, 0.3) is 0 Å². The molecule has 0 atom stereocenters. The molecule has 6 aromatic rings. The lowest BCUT2D eigenvalue weighted by Crippen LogP contribution is -1.91. The Morgan fingerprint density at radius 1 is 0.558 bits per heavy atom. The maximum absolute atomic E-state index is 4.40. The Morgan fingerprint density at radius 3 is 1.81 bits per heavy atom. The Bertz CT molecular complexity index is 1570. The molecule has 6 heteroatoms. The Hall–Kier alpha value is -4.45. The largest absolute Gasteiger partial charge is 0.361 e. The number of aromatic nitrogens is 6. The highest BCUT2D eigenvalue weighted by molar-refractivity contribution is 5.83. The molecule has 224 valence electrons. The fraction of sp³-hybridized carbons (Fsp3) is 0.324. The van der Waals surface area contributed by atoms with E-state index in [0.717, 1.165) is 11.2 Å². The van der Waals surface area contributed by atoms with Crippen molar-refractivity contribution in [3.63, 3.8) is 0 Å². The van der Waals surface area contributed by atoms with E-state index in [2.05, 4.69) is 134 Å². The van der Waals surface area contributed by atoms with Crippen LogP contribution in [0.3, 0.4) is 0 Å². The summed E-state index contributed by atoms with van der Waals surface area (Å²) in [5.74, 6) is 2.16. The molecule has 0 unspecified atom stereocenters. The van der Waals surface area contributed by atoms with E-state index >= 15 is 0 Å². The number of pyridine rings is 1. The zero-order chi connectivity index (χ0) is 31.2. The molecule has 0 bridgehead atoms. The summed E-state index contributed by atoms with van der Waals surface area (Å²) in [6, 6.07) is 19.0. The summed E-state index contributed by atoms with van der Waals surface area (Å²) in [6.07, 6.45) is 14.3. The molecule has 6 rings (SSSR count). The van der Waals surface area contributed by atoms with Crippen molar-refractivity contribution in [1.82, 2.24) is 29.9 Å². The lowest BCUT2D eigenvalue weighted by atomic mass is 10.00. The Morgan fingerprint density at radius 2 is 1.23 bits per heavy atom. The smallest absolute Gasteiger partial charge is 0.115 e. The van der Waals surface area contributed by atoms with Crippen LogP contribution in [0.15, 0.2) is 104 Å². The number of hydrogen-bond donors (Lipinski definition) is 1. The van der Waals surface area contributed by atoms with Crippen LogP contribution in [0.4, 0.5) is 0 Å². The predicted molar refractivity (Wildman–Crippen MR) is 180 cm³/mol. The van der Waals surface area contributed by atoms with E-state index < -0.39 is 0 Å². The summed E-state index contributed by atoms with van der Waals surface area (Å²) >= 11 is 0. The van der Waals surface area contributed by atoms with Crippen molar-refractivity contribution in [1.29, 1.82) is 0 Å². The molecule has 43 heavy (non-hydrogen) atoms. The average molecular weight is 575 g/mol. The summed E-state index contributed by atoms with van der Waals surface area (Å²) in [4.78, 5) is 23.5. The number of hydrogen-bond acceptors (Lipinski definition) is 5. The van der Waals surface area contributed by atoms with Crippen molar-refractivity contribution in [2.24, 2.45) is 0 Å². The summed E-state index contributed by atoms with van der Waals surface area (Å²) < 4.78 is 0. The molecular formula is C37H46N6. The number of H-pyrrole nitrogens is 1. The van der Waals surface area contributed by atoms with Crippen molar-refractivity contribution in [3.8, 4) is 0 Å². The van der Waals surface area contributed by atoms with Crippen LogP contribution in [-0.4, -0.2) is 29.9 Å². The van der Waals surface area contributed by atoms with Gasteiger partial charge in [0.1, 0.15) is 6.33 Å². The molecule has 2 aromatic carbocycles. The van der Waals surface area contributed by atoms with E-state index in [0.29, 0.717) is 23.7 Å². The lowest BCUT2D eigenvalue weighted by Gasteiger charge is -2.07. The molecule has 0 fully saturated rings. The normalized spacial score (nSPS) is 10.7. The van der Waals surface area contributed by atoms with Gasteiger partial charge < -0.3 is 4.98 Å². The van der Waals surface area contributed by atoms with Crippen LogP contribution in [-0.2, 0) is 0 Å². The molecule has 0 radical (unpaired) electrons. The van der Waals surface area contributed by atoms with Gasteiger partial charge in [-0.1, -0.05) is 91.8 Å². The second-order valence-electron chi connectivity index (χ2n) is 11.6. The maximum Gasteiger partial charge on any atom is 0.115 e. The van der Waals surface area contributed by atoms with Crippen LogP contribution in [0, 0.1) is 0 Å². The lowest BCUT2D eigenvalue weighted by molar-refractivity contribution is 0.812. The number of para-hydroxylation sites is 1. The van der Waals surface area contributed by atoms with E-state index in [1.807, 2.05) is 30.9 Å². The highest BCUT2D eigenvalue weighted by Gasteiger charge is 2.05. The minimum Gasteiger partial charge on any atom is -0.361 e. The van der Waals surface area contributed by atoms with Crippen LogP contribution < -0.4 is 0 Å². The topological polar surface area (TPSA) is 80.2 Å². The molecule has 0 aliphatic rings. The fourth-order valence-electron chi connectivity index (χ4n) is 4.42. The highest BCUT2D eigenvalue weighted by atomic mass is 14.8. The molecule has 0 saturated heterocycles. The van der Waals surface area contributed by atoms with Gasteiger partial charge in [0.2, 0.25) is 0 Å².